The third-order valence-corrected chi connectivity index (χ3v) is 3.67. The van der Waals surface area contributed by atoms with Crippen LogP contribution in [0.3, 0.4) is 0 Å². The molecule has 0 bridgehead atoms. The molecule has 3 nitrogen and oxygen atoms in total. The first-order chi connectivity index (χ1) is 8.15. The highest BCUT2D eigenvalue weighted by Gasteiger charge is 2.27. The Labute approximate surface area is 109 Å². The lowest BCUT2D eigenvalue weighted by atomic mass is 9.95. The lowest BCUT2D eigenvalue weighted by Gasteiger charge is -2.37. The number of aryl methyl sites for hydroxylation is 3. The fourth-order valence-corrected chi connectivity index (χ4v) is 2.12. The second-order valence-corrected chi connectivity index (χ2v) is 5.66. The average Bonchev–Trinajstić information content (AvgIpc) is 2.20. The van der Waals surface area contributed by atoms with Crippen molar-refractivity contribution in [3.63, 3.8) is 0 Å². The molecule has 0 spiro atoms. The molecule has 1 N–H and O–H groups in total. The molecule has 18 heavy (non-hydrogen) atoms. The van der Waals surface area contributed by atoms with Gasteiger partial charge in [-0.1, -0.05) is 6.07 Å². The number of benzene rings is 1. The molecule has 0 aliphatic carbocycles. The van der Waals surface area contributed by atoms with Crippen molar-refractivity contribution in [1.82, 2.24) is 0 Å². The molecule has 1 rings (SSSR count). The molecule has 0 radical (unpaired) electrons. The second kappa shape index (κ2) is 5.01. The normalized spacial score (nSPS) is 11.4. The zero-order chi connectivity index (χ0) is 14.1. The van der Waals surface area contributed by atoms with E-state index in [4.69, 9.17) is 5.11 Å². The average molecular weight is 249 g/mol. The molecule has 0 aromatic heterocycles. The van der Waals surface area contributed by atoms with Gasteiger partial charge in [0.25, 0.3) is 0 Å². The van der Waals surface area contributed by atoms with Crippen LogP contribution in [0.5, 0.6) is 0 Å². The molecule has 0 aliphatic heterocycles. The van der Waals surface area contributed by atoms with Gasteiger partial charge in [0.15, 0.2) is 0 Å². The van der Waals surface area contributed by atoms with Crippen LogP contribution >= 0.6 is 0 Å². The summed E-state index contributed by atoms with van der Waals surface area (Å²) >= 11 is 0. The third kappa shape index (κ3) is 3.03. The molecule has 1 aromatic carbocycles. The monoisotopic (exact) mass is 249 g/mol. The molecule has 0 saturated heterocycles. The lowest BCUT2D eigenvalue weighted by Crippen LogP contribution is -2.43. The maximum atomic E-state index is 10.9. The van der Waals surface area contributed by atoms with Gasteiger partial charge in [0.05, 0.1) is 6.42 Å². The molecule has 0 heterocycles. The smallest absolute Gasteiger partial charge is 0.305 e. The summed E-state index contributed by atoms with van der Waals surface area (Å²) in [5.41, 5.74) is 4.37. The maximum absolute atomic E-state index is 10.9. The minimum atomic E-state index is -0.770. The predicted molar refractivity (Wildman–Crippen MR) is 75.4 cm³/mol. The van der Waals surface area contributed by atoms with Gasteiger partial charge in [-0.25, -0.2) is 0 Å². The molecule has 0 saturated carbocycles. The van der Waals surface area contributed by atoms with Gasteiger partial charge >= 0.3 is 5.97 Å². The molecule has 0 amide bonds. The van der Waals surface area contributed by atoms with Crippen LogP contribution in [-0.4, -0.2) is 23.7 Å². The molecule has 0 atom stereocenters. The van der Waals surface area contributed by atoms with Gasteiger partial charge in [-0.15, -0.1) is 0 Å². The number of carboxylic acids is 1. The van der Waals surface area contributed by atoms with Gasteiger partial charge in [0, 0.05) is 18.3 Å². The van der Waals surface area contributed by atoms with E-state index in [1.165, 1.54) is 16.7 Å². The highest BCUT2D eigenvalue weighted by molar-refractivity contribution is 5.70. The van der Waals surface area contributed by atoms with E-state index < -0.39 is 11.5 Å². The highest BCUT2D eigenvalue weighted by atomic mass is 16.4. The number of hydrogen-bond acceptors (Lipinski definition) is 2. The van der Waals surface area contributed by atoms with Gasteiger partial charge in [0.1, 0.15) is 0 Å². The van der Waals surface area contributed by atoms with Crippen LogP contribution in [0.4, 0.5) is 5.69 Å². The van der Waals surface area contributed by atoms with E-state index in [2.05, 4.69) is 37.8 Å². The number of carboxylic acid groups (broad SMARTS) is 1. The van der Waals surface area contributed by atoms with E-state index in [0.29, 0.717) is 0 Å². The molecular formula is C15H23NO2. The summed E-state index contributed by atoms with van der Waals surface area (Å²) in [6, 6.07) is 4.28. The zero-order valence-electron chi connectivity index (χ0n) is 12.2. The zero-order valence-corrected chi connectivity index (χ0v) is 12.2. The molecule has 0 aliphatic rings. The number of nitrogens with zero attached hydrogens (tertiary/aromatic N) is 1. The van der Waals surface area contributed by atoms with Crippen LogP contribution in [0.1, 0.15) is 37.0 Å². The van der Waals surface area contributed by atoms with Gasteiger partial charge in [-0.3, -0.25) is 4.79 Å². The van der Waals surface area contributed by atoms with E-state index in [9.17, 15) is 4.79 Å². The molecular weight excluding hydrogens is 226 g/mol. The van der Waals surface area contributed by atoms with Crippen molar-refractivity contribution in [2.24, 2.45) is 0 Å². The topological polar surface area (TPSA) is 40.5 Å². The summed E-state index contributed by atoms with van der Waals surface area (Å²) in [6.45, 7) is 10.1. The first-order valence-electron chi connectivity index (χ1n) is 6.18. The van der Waals surface area contributed by atoms with Crippen LogP contribution in [0, 0.1) is 20.8 Å². The Balaban J connectivity index is 3.14. The van der Waals surface area contributed by atoms with Crippen LogP contribution in [0.15, 0.2) is 12.1 Å². The summed E-state index contributed by atoms with van der Waals surface area (Å²) in [4.78, 5) is 13.0. The van der Waals surface area contributed by atoms with E-state index in [-0.39, 0.29) is 6.42 Å². The Morgan fingerprint density at radius 3 is 2.17 bits per heavy atom. The van der Waals surface area contributed by atoms with Crippen molar-refractivity contribution in [2.45, 2.75) is 46.6 Å². The van der Waals surface area contributed by atoms with Crippen LogP contribution in [0.2, 0.25) is 0 Å². The lowest BCUT2D eigenvalue weighted by molar-refractivity contribution is -0.138. The van der Waals surface area contributed by atoms with E-state index in [0.717, 1.165) is 5.69 Å². The first-order valence-corrected chi connectivity index (χ1v) is 6.18. The van der Waals surface area contributed by atoms with Crippen LogP contribution < -0.4 is 4.90 Å². The summed E-state index contributed by atoms with van der Waals surface area (Å²) < 4.78 is 0. The molecule has 0 fully saturated rings. The predicted octanol–water partition coefficient (Wildman–Crippen LogP) is 3.30. The van der Waals surface area contributed by atoms with E-state index in [1.54, 1.807) is 0 Å². The number of anilines is 1. The Bertz CT molecular complexity index is 464. The Hall–Kier alpha value is -1.51. The van der Waals surface area contributed by atoms with Crippen LogP contribution in [-0.2, 0) is 4.79 Å². The van der Waals surface area contributed by atoms with E-state index in [1.807, 2.05) is 20.9 Å². The van der Waals surface area contributed by atoms with Crippen molar-refractivity contribution < 1.29 is 9.90 Å². The minimum absolute atomic E-state index is 0.121. The van der Waals surface area contributed by atoms with Crippen molar-refractivity contribution in [1.29, 1.82) is 0 Å². The standard InChI is InChI=1S/C15H23NO2/c1-10-7-12(3)13(8-11(10)2)16(6)15(4,5)9-14(17)18/h7-8H,9H2,1-6H3,(H,17,18). The summed E-state index contributed by atoms with van der Waals surface area (Å²) in [5, 5.41) is 8.99. The van der Waals surface area contributed by atoms with Crippen molar-refractivity contribution in [3.05, 3.63) is 28.8 Å². The van der Waals surface area contributed by atoms with Crippen molar-refractivity contribution >= 4 is 11.7 Å². The minimum Gasteiger partial charge on any atom is -0.481 e. The quantitative estimate of drug-likeness (QED) is 0.890. The number of rotatable bonds is 4. The highest BCUT2D eigenvalue weighted by Crippen LogP contribution is 2.30. The largest absolute Gasteiger partial charge is 0.481 e. The summed E-state index contributed by atoms with van der Waals surface area (Å²) in [5.74, 6) is -0.770. The molecule has 1 aromatic rings. The van der Waals surface area contributed by atoms with Gasteiger partial charge in [-0.05, 0) is 57.4 Å². The fraction of sp³-hybridized carbons (Fsp3) is 0.533. The van der Waals surface area contributed by atoms with Gasteiger partial charge in [-0.2, -0.15) is 0 Å². The Kier molecular flexibility index (Phi) is 4.05. The first kappa shape index (κ1) is 14.6. The molecule has 100 valence electrons. The second-order valence-electron chi connectivity index (χ2n) is 5.66. The van der Waals surface area contributed by atoms with Crippen LogP contribution in [0.25, 0.3) is 0 Å². The number of carbonyl (C=O) groups is 1. The van der Waals surface area contributed by atoms with Gasteiger partial charge in [0.2, 0.25) is 0 Å². The molecule has 3 heteroatoms. The Morgan fingerprint density at radius 2 is 1.67 bits per heavy atom. The van der Waals surface area contributed by atoms with Gasteiger partial charge < -0.3 is 10.0 Å². The summed E-state index contributed by atoms with van der Waals surface area (Å²) in [6.07, 6.45) is 0.121. The molecule has 0 unspecified atom stereocenters. The Morgan fingerprint density at radius 1 is 1.17 bits per heavy atom. The fourth-order valence-electron chi connectivity index (χ4n) is 2.12. The van der Waals surface area contributed by atoms with Crippen molar-refractivity contribution in [2.75, 3.05) is 11.9 Å². The van der Waals surface area contributed by atoms with E-state index >= 15 is 0 Å². The number of aliphatic carboxylic acids is 1. The number of hydrogen-bond donors (Lipinski definition) is 1. The SMILES string of the molecule is Cc1cc(C)c(N(C)C(C)(C)CC(=O)O)cc1C. The summed E-state index contributed by atoms with van der Waals surface area (Å²) in [7, 11) is 1.96. The van der Waals surface area contributed by atoms with Crippen molar-refractivity contribution in [3.8, 4) is 0 Å². The maximum Gasteiger partial charge on any atom is 0.305 e. The third-order valence-electron chi connectivity index (χ3n) is 3.67.